The van der Waals surface area contributed by atoms with Gasteiger partial charge in [0, 0.05) is 36.9 Å². The van der Waals surface area contributed by atoms with Gasteiger partial charge in [-0.25, -0.2) is 4.98 Å². The Kier molecular flexibility index (Phi) is 5.98. The molecule has 0 fully saturated rings. The molecular weight excluding hydrogens is 388 g/mol. The highest BCUT2D eigenvalue weighted by Crippen LogP contribution is 2.21. The van der Waals surface area contributed by atoms with E-state index in [1.54, 1.807) is 18.2 Å². The van der Waals surface area contributed by atoms with E-state index in [1.807, 2.05) is 78.6 Å². The summed E-state index contributed by atoms with van der Waals surface area (Å²) in [4.78, 5) is 17.0. The van der Waals surface area contributed by atoms with Gasteiger partial charge in [0.2, 0.25) is 0 Å². The van der Waals surface area contributed by atoms with Crippen molar-refractivity contribution in [2.24, 2.45) is 0 Å². The van der Waals surface area contributed by atoms with E-state index in [2.05, 4.69) is 15.6 Å². The average molecular weight is 412 g/mol. The zero-order chi connectivity index (χ0) is 21.6. The predicted octanol–water partition coefficient (Wildman–Crippen LogP) is 4.60. The monoisotopic (exact) mass is 412 g/mol. The summed E-state index contributed by atoms with van der Waals surface area (Å²) < 4.78 is 1.92. The summed E-state index contributed by atoms with van der Waals surface area (Å²) in [6.45, 7) is 2.43. The predicted molar refractivity (Wildman–Crippen MR) is 122 cm³/mol. The van der Waals surface area contributed by atoms with Gasteiger partial charge in [0.1, 0.15) is 11.6 Å². The van der Waals surface area contributed by atoms with E-state index >= 15 is 0 Å². The molecule has 0 aliphatic carbocycles. The Morgan fingerprint density at radius 1 is 1.06 bits per heavy atom. The number of rotatable bonds is 7. The third kappa shape index (κ3) is 4.93. The van der Waals surface area contributed by atoms with E-state index in [0.29, 0.717) is 18.5 Å². The lowest BCUT2D eigenvalue weighted by atomic mass is 10.1. The van der Waals surface area contributed by atoms with Crippen LogP contribution in [0.3, 0.4) is 0 Å². The van der Waals surface area contributed by atoms with E-state index in [-0.39, 0.29) is 11.7 Å². The van der Waals surface area contributed by atoms with Crippen LogP contribution in [0.1, 0.15) is 21.5 Å². The van der Waals surface area contributed by atoms with Gasteiger partial charge in [0.05, 0.1) is 11.3 Å². The van der Waals surface area contributed by atoms with Crippen LogP contribution in [0, 0.1) is 6.92 Å². The van der Waals surface area contributed by atoms with Gasteiger partial charge in [0.25, 0.3) is 5.91 Å². The number of phenols is 1. The van der Waals surface area contributed by atoms with Crippen LogP contribution in [0.5, 0.6) is 5.75 Å². The first kappa shape index (κ1) is 20.2. The van der Waals surface area contributed by atoms with Crippen LogP contribution in [0.25, 0.3) is 5.69 Å². The Hall–Kier alpha value is -4.06. The molecule has 4 rings (SSSR count). The molecule has 6 heteroatoms. The van der Waals surface area contributed by atoms with Crippen molar-refractivity contribution >= 4 is 17.4 Å². The summed E-state index contributed by atoms with van der Waals surface area (Å²) in [6.07, 6.45) is 6.06. The van der Waals surface area contributed by atoms with Gasteiger partial charge in [-0.05, 0) is 48.7 Å². The number of benzene rings is 2. The van der Waals surface area contributed by atoms with E-state index in [0.717, 1.165) is 28.3 Å². The van der Waals surface area contributed by atoms with E-state index in [4.69, 9.17) is 0 Å². The number of nitrogens with one attached hydrogen (secondary N) is 2. The molecule has 0 aliphatic rings. The molecule has 0 bridgehead atoms. The largest absolute Gasteiger partial charge is 0.508 e. The van der Waals surface area contributed by atoms with Crippen molar-refractivity contribution < 1.29 is 9.90 Å². The third-order valence-electron chi connectivity index (χ3n) is 5.03. The number of hydrogen-bond donors (Lipinski definition) is 3. The Balaban J connectivity index is 1.43. The van der Waals surface area contributed by atoms with Crippen LogP contribution in [0.2, 0.25) is 0 Å². The minimum atomic E-state index is -0.150. The summed E-state index contributed by atoms with van der Waals surface area (Å²) in [7, 11) is 0. The molecule has 0 saturated heterocycles. The number of aromatic nitrogens is 2. The molecule has 1 amide bonds. The molecule has 2 aromatic carbocycles. The van der Waals surface area contributed by atoms with Gasteiger partial charge in [-0.15, -0.1) is 0 Å². The number of anilines is 2. The van der Waals surface area contributed by atoms with Crippen molar-refractivity contribution in [1.29, 1.82) is 0 Å². The van der Waals surface area contributed by atoms with Crippen molar-refractivity contribution in [3.63, 3.8) is 0 Å². The number of pyridine rings is 1. The SMILES string of the molecule is Cc1cnc(Nc2ccccc2)cc1-n1ccc(C(=O)NCCc2ccccc2O)c1. The van der Waals surface area contributed by atoms with Crippen LogP contribution in [0.15, 0.2) is 85.3 Å². The number of carbonyl (C=O) groups excluding carboxylic acids is 1. The summed E-state index contributed by atoms with van der Waals surface area (Å²) in [5.74, 6) is 0.827. The normalized spacial score (nSPS) is 10.6. The molecule has 0 radical (unpaired) electrons. The first-order chi connectivity index (χ1) is 15.1. The molecule has 2 aromatic heterocycles. The third-order valence-corrected chi connectivity index (χ3v) is 5.03. The summed E-state index contributed by atoms with van der Waals surface area (Å²) in [5, 5.41) is 16.0. The van der Waals surface area contributed by atoms with Crippen LogP contribution < -0.4 is 10.6 Å². The molecule has 0 spiro atoms. The van der Waals surface area contributed by atoms with Crippen molar-refractivity contribution in [2.75, 3.05) is 11.9 Å². The Morgan fingerprint density at radius 2 is 1.84 bits per heavy atom. The van der Waals surface area contributed by atoms with Gasteiger partial charge in [-0.1, -0.05) is 36.4 Å². The number of carbonyl (C=O) groups is 1. The lowest BCUT2D eigenvalue weighted by Gasteiger charge is -2.11. The Labute approximate surface area is 181 Å². The molecule has 0 atom stereocenters. The van der Waals surface area contributed by atoms with E-state index in [1.165, 1.54) is 0 Å². The van der Waals surface area contributed by atoms with Crippen molar-refractivity contribution in [2.45, 2.75) is 13.3 Å². The fourth-order valence-electron chi connectivity index (χ4n) is 3.34. The first-order valence-electron chi connectivity index (χ1n) is 10.1. The second-order valence-electron chi connectivity index (χ2n) is 7.29. The van der Waals surface area contributed by atoms with Crippen molar-refractivity contribution in [3.8, 4) is 11.4 Å². The van der Waals surface area contributed by atoms with Crippen LogP contribution in [-0.2, 0) is 6.42 Å². The minimum Gasteiger partial charge on any atom is -0.508 e. The molecule has 4 aromatic rings. The zero-order valence-corrected chi connectivity index (χ0v) is 17.2. The standard InChI is InChI=1S/C25H24N4O2/c1-18-16-27-24(28-21-8-3-2-4-9-21)15-22(18)29-14-12-20(17-29)25(31)26-13-11-19-7-5-6-10-23(19)30/h2-10,12,14-17,30H,11,13H2,1H3,(H,26,31)(H,27,28). The summed E-state index contributed by atoms with van der Waals surface area (Å²) >= 11 is 0. The molecule has 0 unspecified atom stereocenters. The summed E-state index contributed by atoms with van der Waals surface area (Å²) in [5.41, 5.74) is 4.29. The van der Waals surface area contributed by atoms with Gasteiger partial charge < -0.3 is 20.3 Å². The van der Waals surface area contributed by atoms with Crippen molar-refractivity contribution in [1.82, 2.24) is 14.9 Å². The Bertz CT molecular complexity index is 1190. The molecule has 156 valence electrons. The lowest BCUT2D eigenvalue weighted by Crippen LogP contribution is -2.25. The number of nitrogens with zero attached hydrogens (tertiary/aromatic N) is 2. The molecule has 3 N–H and O–H groups in total. The van der Waals surface area contributed by atoms with Gasteiger partial charge in [-0.3, -0.25) is 4.79 Å². The maximum atomic E-state index is 12.5. The average Bonchev–Trinajstić information content (AvgIpc) is 3.27. The number of aromatic hydroxyl groups is 1. The van der Waals surface area contributed by atoms with E-state index in [9.17, 15) is 9.90 Å². The van der Waals surface area contributed by atoms with Gasteiger partial charge in [-0.2, -0.15) is 0 Å². The highest BCUT2D eigenvalue weighted by molar-refractivity contribution is 5.94. The second-order valence-corrected chi connectivity index (χ2v) is 7.29. The number of para-hydroxylation sites is 2. The fraction of sp³-hybridized carbons (Fsp3) is 0.120. The smallest absolute Gasteiger partial charge is 0.252 e. The Morgan fingerprint density at radius 3 is 2.65 bits per heavy atom. The minimum absolute atomic E-state index is 0.150. The number of aryl methyl sites for hydroxylation is 1. The van der Waals surface area contributed by atoms with Gasteiger partial charge >= 0.3 is 0 Å². The highest BCUT2D eigenvalue weighted by Gasteiger charge is 2.11. The van der Waals surface area contributed by atoms with Crippen LogP contribution in [-0.4, -0.2) is 27.1 Å². The highest BCUT2D eigenvalue weighted by atomic mass is 16.3. The molecule has 31 heavy (non-hydrogen) atoms. The number of hydrogen-bond acceptors (Lipinski definition) is 4. The van der Waals surface area contributed by atoms with Crippen LogP contribution in [0.4, 0.5) is 11.5 Å². The molecule has 2 heterocycles. The number of amides is 1. The van der Waals surface area contributed by atoms with Crippen LogP contribution >= 0.6 is 0 Å². The van der Waals surface area contributed by atoms with Crippen molar-refractivity contribution in [3.05, 3.63) is 102 Å². The molecular formula is C25H24N4O2. The molecule has 0 saturated carbocycles. The molecule has 0 aliphatic heterocycles. The van der Waals surface area contributed by atoms with E-state index < -0.39 is 0 Å². The number of phenolic OH excluding ortho intramolecular Hbond substituents is 1. The second kappa shape index (κ2) is 9.17. The maximum absolute atomic E-state index is 12.5. The first-order valence-corrected chi connectivity index (χ1v) is 10.1. The fourth-order valence-corrected chi connectivity index (χ4v) is 3.34. The maximum Gasteiger partial charge on any atom is 0.252 e. The lowest BCUT2D eigenvalue weighted by molar-refractivity contribution is 0.0954. The van der Waals surface area contributed by atoms with Gasteiger partial charge in [0.15, 0.2) is 0 Å². The topological polar surface area (TPSA) is 79.2 Å². The molecule has 6 nitrogen and oxygen atoms in total. The quantitative estimate of drug-likeness (QED) is 0.414. The zero-order valence-electron chi connectivity index (χ0n) is 17.2. The summed E-state index contributed by atoms with van der Waals surface area (Å²) in [6, 6.07) is 20.8.